The molecule has 0 unspecified atom stereocenters. The van der Waals surface area contributed by atoms with Crippen molar-refractivity contribution in [2.75, 3.05) is 18.5 Å². The van der Waals surface area contributed by atoms with Crippen LogP contribution in [0, 0.1) is 0 Å². The zero-order chi connectivity index (χ0) is 13.7. The van der Waals surface area contributed by atoms with Crippen LogP contribution in [0.15, 0.2) is 39.5 Å². The van der Waals surface area contributed by atoms with E-state index in [0.29, 0.717) is 0 Å². The van der Waals surface area contributed by atoms with Gasteiger partial charge in [-0.05, 0) is 48.1 Å². The number of nitrogens with zero attached hydrogens (tertiary/aromatic N) is 2. The average molecular weight is 324 g/mol. The molecular formula is C14H18BrN3O. The maximum atomic E-state index is 5.42. The zero-order valence-electron chi connectivity index (χ0n) is 11.2. The summed E-state index contributed by atoms with van der Waals surface area (Å²) < 4.78 is 6.41. The maximum absolute atomic E-state index is 5.42. The highest BCUT2D eigenvalue weighted by Crippen LogP contribution is 2.23. The first-order valence-corrected chi connectivity index (χ1v) is 7.10. The Labute approximate surface area is 122 Å². The highest BCUT2D eigenvalue weighted by atomic mass is 79.9. The predicted octanol–water partition coefficient (Wildman–Crippen LogP) is 3.18. The van der Waals surface area contributed by atoms with Crippen LogP contribution in [0.4, 0.5) is 5.82 Å². The van der Waals surface area contributed by atoms with Crippen LogP contribution in [0.1, 0.15) is 18.2 Å². The van der Waals surface area contributed by atoms with Crippen molar-refractivity contribution in [3.63, 3.8) is 0 Å². The lowest BCUT2D eigenvalue weighted by atomic mass is 10.2. The Morgan fingerprint density at radius 3 is 2.95 bits per heavy atom. The van der Waals surface area contributed by atoms with E-state index in [-0.39, 0.29) is 0 Å². The fourth-order valence-corrected chi connectivity index (χ4v) is 2.39. The normalized spacial score (nSPS) is 10.7. The summed E-state index contributed by atoms with van der Waals surface area (Å²) in [7, 11) is 1.94. The van der Waals surface area contributed by atoms with Crippen molar-refractivity contribution in [3.05, 3.63) is 46.5 Å². The van der Waals surface area contributed by atoms with E-state index >= 15 is 0 Å². The molecule has 0 aromatic carbocycles. The highest BCUT2D eigenvalue weighted by Gasteiger charge is 2.13. The van der Waals surface area contributed by atoms with E-state index in [1.807, 2.05) is 25.4 Å². The summed E-state index contributed by atoms with van der Waals surface area (Å²) in [4.78, 5) is 6.75. The first-order valence-electron chi connectivity index (χ1n) is 6.31. The Kier molecular flexibility index (Phi) is 4.99. The van der Waals surface area contributed by atoms with E-state index in [9.17, 15) is 0 Å². The molecule has 0 aliphatic carbocycles. The van der Waals surface area contributed by atoms with E-state index in [0.717, 1.165) is 35.7 Å². The Hall–Kier alpha value is -1.33. The van der Waals surface area contributed by atoms with Gasteiger partial charge in [-0.3, -0.25) is 0 Å². The third-order valence-electron chi connectivity index (χ3n) is 2.88. The van der Waals surface area contributed by atoms with Gasteiger partial charge in [-0.1, -0.05) is 0 Å². The standard InChI is InChI=1S/C14H18BrN3O/c1-3-18(10-13-5-4-6-19-13)14-11(8-16-2)7-12(15)9-17-14/h4-7,9,16H,3,8,10H2,1-2H3. The van der Waals surface area contributed by atoms with Gasteiger partial charge in [0.1, 0.15) is 11.6 Å². The molecule has 0 spiro atoms. The predicted molar refractivity (Wildman–Crippen MR) is 80.1 cm³/mol. The lowest BCUT2D eigenvalue weighted by molar-refractivity contribution is 0.502. The number of anilines is 1. The minimum Gasteiger partial charge on any atom is -0.467 e. The van der Waals surface area contributed by atoms with Gasteiger partial charge in [0.05, 0.1) is 12.8 Å². The second-order valence-corrected chi connectivity index (χ2v) is 5.18. The number of halogens is 1. The fourth-order valence-electron chi connectivity index (χ4n) is 2.01. The van der Waals surface area contributed by atoms with Gasteiger partial charge in [0.2, 0.25) is 0 Å². The monoisotopic (exact) mass is 323 g/mol. The molecule has 2 aromatic heterocycles. The van der Waals surface area contributed by atoms with Gasteiger partial charge in [-0.25, -0.2) is 4.98 Å². The first-order chi connectivity index (χ1) is 9.24. The molecule has 2 rings (SSSR count). The fraction of sp³-hybridized carbons (Fsp3) is 0.357. The van der Waals surface area contributed by atoms with Crippen LogP contribution < -0.4 is 10.2 Å². The van der Waals surface area contributed by atoms with Crippen LogP contribution in [0.2, 0.25) is 0 Å². The molecule has 2 aromatic rings. The summed E-state index contributed by atoms with van der Waals surface area (Å²) in [5.74, 6) is 1.94. The number of pyridine rings is 1. The van der Waals surface area contributed by atoms with Crippen LogP contribution in [-0.4, -0.2) is 18.6 Å². The molecule has 1 N–H and O–H groups in total. The van der Waals surface area contributed by atoms with Crippen LogP contribution in [0.5, 0.6) is 0 Å². The molecule has 0 aliphatic rings. The summed E-state index contributed by atoms with van der Waals surface area (Å²) >= 11 is 3.47. The van der Waals surface area contributed by atoms with Gasteiger partial charge in [-0.2, -0.15) is 0 Å². The van der Waals surface area contributed by atoms with Crippen molar-refractivity contribution in [1.82, 2.24) is 10.3 Å². The van der Waals surface area contributed by atoms with Crippen LogP contribution in [-0.2, 0) is 13.1 Å². The van der Waals surface area contributed by atoms with Crippen molar-refractivity contribution in [2.45, 2.75) is 20.0 Å². The van der Waals surface area contributed by atoms with Gasteiger partial charge in [0.15, 0.2) is 0 Å². The molecule has 4 nitrogen and oxygen atoms in total. The van der Waals surface area contributed by atoms with Crippen molar-refractivity contribution in [2.24, 2.45) is 0 Å². The lowest BCUT2D eigenvalue weighted by Crippen LogP contribution is -2.25. The largest absolute Gasteiger partial charge is 0.467 e. The zero-order valence-corrected chi connectivity index (χ0v) is 12.8. The lowest BCUT2D eigenvalue weighted by Gasteiger charge is -2.23. The number of hydrogen-bond donors (Lipinski definition) is 1. The molecule has 2 heterocycles. The van der Waals surface area contributed by atoms with Gasteiger partial charge >= 0.3 is 0 Å². The van der Waals surface area contributed by atoms with Crippen LogP contribution >= 0.6 is 15.9 Å². The Balaban J connectivity index is 2.26. The molecule has 5 heteroatoms. The van der Waals surface area contributed by atoms with E-state index in [4.69, 9.17) is 4.42 Å². The highest BCUT2D eigenvalue weighted by molar-refractivity contribution is 9.10. The minimum absolute atomic E-state index is 0.731. The molecule has 102 valence electrons. The Bertz CT molecular complexity index is 513. The molecule has 0 fully saturated rings. The first kappa shape index (κ1) is 14.1. The number of furan rings is 1. The summed E-state index contributed by atoms with van der Waals surface area (Å²) in [6.07, 6.45) is 3.53. The molecule has 19 heavy (non-hydrogen) atoms. The topological polar surface area (TPSA) is 41.3 Å². The van der Waals surface area contributed by atoms with Gasteiger partial charge in [0.25, 0.3) is 0 Å². The SMILES string of the molecule is CCN(Cc1ccco1)c1ncc(Br)cc1CNC. The smallest absolute Gasteiger partial charge is 0.133 e. The van der Waals surface area contributed by atoms with Crippen molar-refractivity contribution < 1.29 is 4.42 Å². The molecular weight excluding hydrogens is 306 g/mol. The number of hydrogen-bond acceptors (Lipinski definition) is 4. The molecule has 0 saturated carbocycles. The van der Waals surface area contributed by atoms with Gasteiger partial charge < -0.3 is 14.6 Å². The molecule has 0 aliphatic heterocycles. The number of aromatic nitrogens is 1. The Morgan fingerprint density at radius 2 is 2.32 bits per heavy atom. The Morgan fingerprint density at radius 1 is 1.47 bits per heavy atom. The van der Waals surface area contributed by atoms with Gasteiger partial charge in [-0.15, -0.1) is 0 Å². The average Bonchev–Trinajstić information content (AvgIpc) is 2.90. The summed E-state index contributed by atoms with van der Waals surface area (Å²) in [5, 5.41) is 3.18. The molecule has 0 bridgehead atoms. The molecule has 0 saturated heterocycles. The summed E-state index contributed by atoms with van der Waals surface area (Å²) in [6.45, 7) is 4.52. The number of rotatable bonds is 6. The maximum Gasteiger partial charge on any atom is 0.133 e. The van der Waals surface area contributed by atoms with E-state index in [1.165, 1.54) is 5.56 Å². The van der Waals surface area contributed by atoms with E-state index in [1.54, 1.807) is 6.26 Å². The summed E-state index contributed by atoms with van der Waals surface area (Å²) in [6, 6.07) is 6.00. The van der Waals surface area contributed by atoms with Crippen molar-refractivity contribution in [1.29, 1.82) is 0 Å². The minimum atomic E-state index is 0.731. The number of nitrogens with one attached hydrogen (secondary N) is 1. The summed E-state index contributed by atoms with van der Waals surface area (Å²) in [5.41, 5.74) is 1.17. The van der Waals surface area contributed by atoms with E-state index < -0.39 is 0 Å². The third kappa shape index (κ3) is 3.58. The van der Waals surface area contributed by atoms with Gasteiger partial charge in [0, 0.05) is 29.3 Å². The molecule has 0 atom stereocenters. The quantitative estimate of drug-likeness (QED) is 0.886. The second kappa shape index (κ2) is 6.73. The van der Waals surface area contributed by atoms with Crippen LogP contribution in [0.3, 0.4) is 0 Å². The molecule has 0 amide bonds. The van der Waals surface area contributed by atoms with Crippen molar-refractivity contribution >= 4 is 21.7 Å². The second-order valence-electron chi connectivity index (χ2n) is 4.26. The third-order valence-corrected chi connectivity index (χ3v) is 3.32. The van der Waals surface area contributed by atoms with Crippen molar-refractivity contribution in [3.8, 4) is 0 Å². The molecule has 0 radical (unpaired) electrons. The van der Waals surface area contributed by atoms with E-state index in [2.05, 4.69) is 44.1 Å². The van der Waals surface area contributed by atoms with Crippen LogP contribution in [0.25, 0.3) is 0 Å².